The van der Waals surface area contributed by atoms with Crippen LogP contribution in [0.5, 0.6) is 0 Å². The third-order valence-corrected chi connectivity index (χ3v) is 11.5. The first kappa shape index (κ1) is 24.4. The molecule has 0 fully saturated rings. The summed E-state index contributed by atoms with van der Waals surface area (Å²) in [7, 11) is 0. The second-order valence-electron chi connectivity index (χ2n) is 11.6. The first-order chi connectivity index (χ1) is 21.8. The molecule has 2 aromatic heterocycles. The van der Waals surface area contributed by atoms with Gasteiger partial charge >= 0.3 is 0 Å². The van der Waals surface area contributed by atoms with Crippen LogP contribution in [-0.4, -0.2) is 0 Å². The molecule has 2 heteroatoms. The van der Waals surface area contributed by atoms with Crippen molar-refractivity contribution in [2.75, 3.05) is 0 Å². The highest BCUT2D eigenvalue weighted by atomic mass is 32.1. The van der Waals surface area contributed by atoms with E-state index in [2.05, 4.69) is 146 Å². The Morgan fingerprint density at radius 3 is 1.57 bits per heavy atom. The fourth-order valence-electron chi connectivity index (χ4n) is 7.33. The van der Waals surface area contributed by atoms with Crippen LogP contribution in [-0.2, 0) is 0 Å². The Labute approximate surface area is 262 Å². The summed E-state index contributed by atoms with van der Waals surface area (Å²) in [5, 5.41) is 13.2. The van der Waals surface area contributed by atoms with Gasteiger partial charge in [-0.1, -0.05) is 109 Å². The molecule has 0 aliphatic carbocycles. The summed E-state index contributed by atoms with van der Waals surface area (Å²) in [5.74, 6) is 0. The zero-order valence-electron chi connectivity index (χ0n) is 23.7. The predicted molar refractivity (Wildman–Crippen MR) is 196 cm³/mol. The molecule has 10 rings (SSSR count). The summed E-state index contributed by atoms with van der Waals surface area (Å²) in [6.45, 7) is 0. The average Bonchev–Trinajstić information content (AvgIpc) is 3.64. The molecule has 10 aromatic rings. The molecular formula is C42H24S2. The largest absolute Gasteiger partial charge is 0.135 e. The lowest BCUT2D eigenvalue weighted by atomic mass is 9.86. The van der Waals surface area contributed by atoms with Crippen molar-refractivity contribution in [1.29, 1.82) is 0 Å². The fourth-order valence-corrected chi connectivity index (χ4v) is 9.57. The van der Waals surface area contributed by atoms with E-state index in [1.807, 2.05) is 22.7 Å². The van der Waals surface area contributed by atoms with Gasteiger partial charge in [0.1, 0.15) is 0 Å². The van der Waals surface area contributed by atoms with E-state index < -0.39 is 0 Å². The number of hydrogen-bond donors (Lipinski definition) is 0. The minimum atomic E-state index is 1.25. The summed E-state index contributed by atoms with van der Waals surface area (Å²) in [4.78, 5) is 0. The summed E-state index contributed by atoms with van der Waals surface area (Å²) in [6, 6.07) is 54.1. The first-order valence-corrected chi connectivity index (χ1v) is 16.6. The van der Waals surface area contributed by atoms with Gasteiger partial charge < -0.3 is 0 Å². The molecule has 0 amide bonds. The van der Waals surface area contributed by atoms with Gasteiger partial charge in [-0.05, 0) is 91.0 Å². The molecule has 0 saturated heterocycles. The molecule has 0 N–H and O–H groups in total. The number of benzene rings is 8. The van der Waals surface area contributed by atoms with Crippen LogP contribution in [0.15, 0.2) is 146 Å². The molecule has 0 radical (unpaired) electrons. The van der Waals surface area contributed by atoms with E-state index in [-0.39, 0.29) is 0 Å². The van der Waals surface area contributed by atoms with Gasteiger partial charge in [0.05, 0.1) is 0 Å². The van der Waals surface area contributed by atoms with Gasteiger partial charge in [-0.15, -0.1) is 22.7 Å². The van der Waals surface area contributed by atoms with E-state index in [1.54, 1.807) is 0 Å². The van der Waals surface area contributed by atoms with Crippen LogP contribution in [0.4, 0.5) is 0 Å². The van der Waals surface area contributed by atoms with E-state index >= 15 is 0 Å². The molecule has 0 saturated carbocycles. The van der Waals surface area contributed by atoms with Gasteiger partial charge in [-0.3, -0.25) is 0 Å². The molecule has 0 unspecified atom stereocenters. The third-order valence-electron chi connectivity index (χ3n) is 9.23. The second-order valence-corrected chi connectivity index (χ2v) is 13.8. The molecule has 0 aliphatic heterocycles. The highest BCUT2D eigenvalue weighted by Crippen LogP contribution is 2.46. The van der Waals surface area contributed by atoms with Gasteiger partial charge in [-0.2, -0.15) is 0 Å². The molecule has 0 aliphatic rings. The Balaban J connectivity index is 1.29. The summed E-state index contributed by atoms with van der Waals surface area (Å²) < 4.78 is 5.39. The SMILES string of the molecule is c1ccc(-c2c3ccccc3c(-c3ccc4sc5cc6ccc7sc8ccccc8c7c6cc5c4c3)c3ccccc23)cc1. The Kier molecular flexibility index (Phi) is 5.13. The van der Waals surface area contributed by atoms with Gasteiger partial charge in [0.25, 0.3) is 0 Å². The predicted octanol–water partition coefficient (Wildman–Crippen LogP) is 13.2. The Morgan fingerprint density at radius 2 is 0.841 bits per heavy atom. The molecule has 204 valence electrons. The van der Waals surface area contributed by atoms with E-state index in [1.165, 1.54) is 94.9 Å². The van der Waals surface area contributed by atoms with Crippen molar-refractivity contribution in [2.24, 2.45) is 0 Å². The van der Waals surface area contributed by atoms with E-state index in [9.17, 15) is 0 Å². The monoisotopic (exact) mass is 592 g/mol. The molecular weight excluding hydrogens is 569 g/mol. The fraction of sp³-hybridized carbons (Fsp3) is 0. The van der Waals surface area contributed by atoms with Crippen molar-refractivity contribution < 1.29 is 0 Å². The quantitative estimate of drug-likeness (QED) is 0.175. The highest BCUT2D eigenvalue weighted by Gasteiger charge is 2.18. The van der Waals surface area contributed by atoms with Crippen molar-refractivity contribution in [3.05, 3.63) is 146 Å². The Hall–Kier alpha value is -5.02. The van der Waals surface area contributed by atoms with Gasteiger partial charge in [0.15, 0.2) is 0 Å². The van der Waals surface area contributed by atoms with Crippen molar-refractivity contribution in [3.63, 3.8) is 0 Å². The molecule has 0 spiro atoms. The number of rotatable bonds is 2. The minimum Gasteiger partial charge on any atom is -0.135 e. The van der Waals surface area contributed by atoms with Crippen molar-refractivity contribution >= 4 is 95.3 Å². The topological polar surface area (TPSA) is 0 Å². The van der Waals surface area contributed by atoms with Crippen molar-refractivity contribution in [3.8, 4) is 22.3 Å². The lowest BCUT2D eigenvalue weighted by Gasteiger charge is -2.17. The van der Waals surface area contributed by atoms with Crippen LogP contribution in [0, 0.1) is 0 Å². The maximum absolute atomic E-state index is 2.46. The molecule has 0 bridgehead atoms. The van der Waals surface area contributed by atoms with Gasteiger partial charge in [0, 0.05) is 40.3 Å². The summed E-state index contributed by atoms with van der Waals surface area (Å²) in [6.07, 6.45) is 0. The molecule has 8 aromatic carbocycles. The van der Waals surface area contributed by atoms with Crippen LogP contribution in [0.3, 0.4) is 0 Å². The lowest BCUT2D eigenvalue weighted by Crippen LogP contribution is -1.90. The standard InChI is InChI=1S/C42H24S2/c1-2-10-25(11-3-1)40-28-12-4-6-14-30(28)41(31-15-7-5-13-29(31)40)27-19-20-37-34(22-27)35-24-33-26(23-39(35)44-37)18-21-38-42(33)32-16-8-9-17-36(32)43-38/h1-24H. The zero-order chi connectivity index (χ0) is 28.8. The average molecular weight is 593 g/mol. The van der Waals surface area contributed by atoms with Crippen LogP contribution < -0.4 is 0 Å². The van der Waals surface area contributed by atoms with Crippen LogP contribution >= 0.6 is 22.7 Å². The second kappa shape index (κ2) is 9.24. The van der Waals surface area contributed by atoms with Crippen molar-refractivity contribution in [2.45, 2.75) is 0 Å². The van der Waals surface area contributed by atoms with E-state index in [0.29, 0.717) is 0 Å². The molecule has 0 nitrogen and oxygen atoms in total. The van der Waals surface area contributed by atoms with Gasteiger partial charge in [-0.25, -0.2) is 0 Å². The number of fused-ring (bicyclic) bond motifs is 10. The highest BCUT2D eigenvalue weighted by molar-refractivity contribution is 7.26. The maximum atomic E-state index is 2.46. The maximum Gasteiger partial charge on any atom is 0.0361 e. The summed E-state index contributed by atoms with van der Waals surface area (Å²) in [5.41, 5.74) is 5.14. The Bertz CT molecular complexity index is 2700. The zero-order valence-corrected chi connectivity index (χ0v) is 25.3. The van der Waals surface area contributed by atoms with Crippen LogP contribution in [0.25, 0.3) is 94.9 Å². The Morgan fingerprint density at radius 1 is 0.295 bits per heavy atom. The van der Waals surface area contributed by atoms with E-state index in [4.69, 9.17) is 0 Å². The first-order valence-electron chi connectivity index (χ1n) is 15.0. The van der Waals surface area contributed by atoms with Crippen LogP contribution in [0.2, 0.25) is 0 Å². The van der Waals surface area contributed by atoms with Crippen molar-refractivity contribution in [1.82, 2.24) is 0 Å². The van der Waals surface area contributed by atoms with Gasteiger partial charge in [0.2, 0.25) is 0 Å². The summed E-state index contributed by atoms with van der Waals surface area (Å²) >= 11 is 3.79. The number of hydrogen-bond acceptors (Lipinski definition) is 2. The molecule has 2 heterocycles. The van der Waals surface area contributed by atoms with Crippen LogP contribution in [0.1, 0.15) is 0 Å². The number of thiophene rings is 2. The normalized spacial score (nSPS) is 12.1. The minimum absolute atomic E-state index is 1.25. The lowest BCUT2D eigenvalue weighted by molar-refractivity contribution is 1.66. The molecule has 0 atom stereocenters. The molecule has 44 heavy (non-hydrogen) atoms. The third kappa shape index (κ3) is 3.44. The smallest absolute Gasteiger partial charge is 0.0361 e. The van der Waals surface area contributed by atoms with E-state index in [0.717, 1.165) is 0 Å².